The van der Waals surface area contributed by atoms with Gasteiger partial charge in [-0.25, -0.2) is 9.59 Å². The van der Waals surface area contributed by atoms with Crippen LogP contribution in [0.5, 0.6) is 0 Å². The van der Waals surface area contributed by atoms with Gasteiger partial charge in [-0.2, -0.15) is 0 Å². The van der Waals surface area contributed by atoms with Gasteiger partial charge in [0.05, 0.1) is 17.2 Å². The molecule has 80 valence electrons. The number of carboxylic acid groups (broad SMARTS) is 2. The van der Waals surface area contributed by atoms with Crippen LogP contribution in [0.4, 0.5) is 0 Å². The molecular formula is C10H10O5. The van der Waals surface area contributed by atoms with Crippen molar-refractivity contribution < 1.29 is 24.9 Å². The molecule has 5 nitrogen and oxygen atoms in total. The number of carbonyl (C=O) groups is 2. The summed E-state index contributed by atoms with van der Waals surface area (Å²) in [5, 5.41) is 26.8. The van der Waals surface area contributed by atoms with Crippen molar-refractivity contribution in [3.63, 3.8) is 0 Å². The first-order valence-electron chi connectivity index (χ1n) is 4.22. The van der Waals surface area contributed by atoms with Gasteiger partial charge in [-0.15, -0.1) is 0 Å². The predicted octanol–water partition coefficient (Wildman–Crippen LogP) is 1.14. The Morgan fingerprint density at radius 1 is 1.20 bits per heavy atom. The second kappa shape index (κ2) is 4.10. The van der Waals surface area contributed by atoms with Crippen LogP contribution in [0.3, 0.4) is 0 Å². The molecule has 3 N–H and O–H groups in total. The van der Waals surface area contributed by atoms with Gasteiger partial charge in [-0.1, -0.05) is 0 Å². The first-order valence-corrected chi connectivity index (χ1v) is 4.22. The Labute approximate surface area is 85.6 Å². The van der Waals surface area contributed by atoms with Gasteiger partial charge in [0.2, 0.25) is 0 Å². The van der Waals surface area contributed by atoms with Crippen LogP contribution in [0, 0.1) is 0 Å². The highest BCUT2D eigenvalue weighted by atomic mass is 16.4. The zero-order chi connectivity index (χ0) is 11.6. The lowest BCUT2D eigenvalue weighted by Crippen LogP contribution is -2.07. The maximum atomic E-state index is 10.7. The summed E-state index contributed by atoms with van der Waals surface area (Å²) in [7, 11) is 0. The number of carboxylic acids is 2. The van der Waals surface area contributed by atoms with Gasteiger partial charge >= 0.3 is 11.9 Å². The van der Waals surface area contributed by atoms with Gasteiger partial charge in [0.25, 0.3) is 0 Å². The summed E-state index contributed by atoms with van der Waals surface area (Å²) in [5.74, 6) is -2.35. The maximum Gasteiger partial charge on any atom is 0.336 e. The Bertz CT molecular complexity index is 408. The van der Waals surface area contributed by atoms with E-state index in [1.165, 1.54) is 19.1 Å². The van der Waals surface area contributed by atoms with Gasteiger partial charge in [-0.3, -0.25) is 0 Å². The molecule has 0 aliphatic rings. The maximum absolute atomic E-state index is 10.7. The van der Waals surface area contributed by atoms with Gasteiger partial charge in [0.15, 0.2) is 0 Å². The summed E-state index contributed by atoms with van der Waals surface area (Å²) in [6.07, 6.45) is -1.02. The number of aliphatic hydroxyl groups excluding tert-OH is 1. The number of rotatable bonds is 3. The molecule has 0 saturated heterocycles. The van der Waals surface area contributed by atoms with Crippen LogP contribution < -0.4 is 0 Å². The molecule has 0 spiro atoms. The van der Waals surface area contributed by atoms with E-state index in [1.807, 2.05) is 0 Å². The molecule has 15 heavy (non-hydrogen) atoms. The molecule has 0 amide bonds. The fourth-order valence-electron chi connectivity index (χ4n) is 1.24. The molecule has 1 unspecified atom stereocenters. The van der Waals surface area contributed by atoms with E-state index in [0.29, 0.717) is 0 Å². The minimum Gasteiger partial charge on any atom is -0.478 e. The number of aromatic carboxylic acids is 2. The summed E-state index contributed by atoms with van der Waals surface area (Å²) < 4.78 is 0. The predicted molar refractivity (Wildman–Crippen MR) is 51.0 cm³/mol. The van der Waals surface area contributed by atoms with Gasteiger partial charge in [0, 0.05) is 0 Å². The van der Waals surface area contributed by atoms with Crippen molar-refractivity contribution in [2.75, 3.05) is 0 Å². The largest absolute Gasteiger partial charge is 0.478 e. The molecule has 5 heteroatoms. The molecule has 0 saturated carbocycles. The Kier molecular flexibility index (Phi) is 3.06. The third-order valence-electron chi connectivity index (χ3n) is 1.98. The monoisotopic (exact) mass is 210 g/mol. The van der Waals surface area contributed by atoms with E-state index < -0.39 is 18.0 Å². The van der Waals surface area contributed by atoms with Crippen LogP contribution in [0.15, 0.2) is 18.2 Å². The van der Waals surface area contributed by atoms with Crippen LogP contribution >= 0.6 is 0 Å². The minimum absolute atomic E-state index is 0.0455. The highest BCUT2D eigenvalue weighted by Crippen LogP contribution is 2.19. The lowest BCUT2D eigenvalue weighted by Gasteiger charge is -2.09. The summed E-state index contributed by atoms with van der Waals surface area (Å²) in [5.41, 5.74) is -0.0340. The van der Waals surface area contributed by atoms with Gasteiger partial charge < -0.3 is 15.3 Å². The number of aliphatic hydroxyl groups is 1. The summed E-state index contributed by atoms with van der Waals surface area (Å²) in [6.45, 7) is 1.38. The van der Waals surface area contributed by atoms with Gasteiger partial charge in [0.1, 0.15) is 0 Å². The summed E-state index contributed by atoms with van der Waals surface area (Å²) in [4.78, 5) is 21.4. The van der Waals surface area contributed by atoms with Crippen molar-refractivity contribution in [1.82, 2.24) is 0 Å². The fourth-order valence-corrected chi connectivity index (χ4v) is 1.24. The SMILES string of the molecule is CC(O)c1cc(C(=O)O)ccc1C(=O)O. The van der Waals surface area contributed by atoms with Crippen molar-refractivity contribution in [2.24, 2.45) is 0 Å². The first kappa shape index (κ1) is 11.2. The van der Waals surface area contributed by atoms with E-state index in [4.69, 9.17) is 10.2 Å². The summed E-state index contributed by atoms with van der Waals surface area (Å²) >= 11 is 0. The van der Waals surface area contributed by atoms with Crippen molar-refractivity contribution >= 4 is 11.9 Å². The molecule has 0 fully saturated rings. The highest BCUT2D eigenvalue weighted by molar-refractivity contribution is 5.93. The van der Waals surface area contributed by atoms with Crippen LogP contribution in [0.2, 0.25) is 0 Å². The number of hydrogen-bond donors (Lipinski definition) is 3. The molecule has 0 heterocycles. The lowest BCUT2D eigenvalue weighted by atomic mass is 10.0. The van der Waals surface area contributed by atoms with E-state index in [-0.39, 0.29) is 16.7 Å². The topological polar surface area (TPSA) is 94.8 Å². The standard InChI is InChI=1S/C10H10O5/c1-5(11)8-4-6(9(12)13)2-3-7(8)10(14)15/h2-5,11H,1H3,(H,12,13)(H,14,15). The zero-order valence-corrected chi connectivity index (χ0v) is 7.97. The van der Waals surface area contributed by atoms with Crippen molar-refractivity contribution in [3.8, 4) is 0 Å². The van der Waals surface area contributed by atoms with E-state index >= 15 is 0 Å². The number of benzene rings is 1. The van der Waals surface area contributed by atoms with Crippen LogP contribution in [-0.4, -0.2) is 27.3 Å². The Balaban J connectivity index is 3.33. The molecule has 1 aromatic carbocycles. The van der Waals surface area contributed by atoms with E-state index in [2.05, 4.69) is 0 Å². The Morgan fingerprint density at radius 3 is 2.20 bits per heavy atom. The molecule has 1 rings (SSSR count). The van der Waals surface area contributed by atoms with E-state index in [1.54, 1.807) is 0 Å². The highest BCUT2D eigenvalue weighted by Gasteiger charge is 2.16. The van der Waals surface area contributed by atoms with Crippen molar-refractivity contribution in [2.45, 2.75) is 13.0 Å². The molecular weight excluding hydrogens is 200 g/mol. The smallest absolute Gasteiger partial charge is 0.336 e. The molecule has 0 aliphatic heterocycles. The lowest BCUT2D eigenvalue weighted by molar-refractivity contribution is 0.0676. The second-order valence-electron chi connectivity index (χ2n) is 3.09. The molecule has 0 bridgehead atoms. The normalized spacial score (nSPS) is 12.1. The first-order chi connectivity index (χ1) is 6.93. The van der Waals surface area contributed by atoms with Gasteiger partial charge in [-0.05, 0) is 30.7 Å². The van der Waals surface area contributed by atoms with Crippen LogP contribution in [0.1, 0.15) is 39.3 Å². The Hall–Kier alpha value is -1.88. The molecule has 0 radical (unpaired) electrons. The quantitative estimate of drug-likeness (QED) is 0.695. The molecule has 0 aliphatic carbocycles. The second-order valence-corrected chi connectivity index (χ2v) is 3.09. The zero-order valence-electron chi connectivity index (χ0n) is 7.97. The van der Waals surface area contributed by atoms with E-state index in [0.717, 1.165) is 6.07 Å². The van der Waals surface area contributed by atoms with Crippen molar-refractivity contribution in [3.05, 3.63) is 34.9 Å². The molecule has 0 aromatic heterocycles. The Morgan fingerprint density at radius 2 is 1.80 bits per heavy atom. The van der Waals surface area contributed by atoms with E-state index in [9.17, 15) is 14.7 Å². The minimum atomic E-state index is -1.19. The van der Waals surface area contributed by atoms with Crippen LogP contribution in [-0.2, 0) is 0 Å². The molecule has 1 atom stereocenters. The average Bonchev–Trinajstić information content (AvgIpc) is 2.16. The third kappa shape index (κ3) is 2.32. The summed E-state index contributed by atoms with van der Waals surface area (Å²) in [6, 6.07) is 3.53. The third-order valence-corrected chi connectivity index (χ3v) is 1.98. The fraction of sp³-hybridized carbons (Fsp3) is 0.200. The number of hydrogen-bond acceptors (Lipinski definition) is 3. The molecule has 1 aromatic rings. The van der Waals surface area contributed by atoms with Crippen LogP contribution in [0.25, 0.3) is 0 Å². The average molecular weight is 210 g/mol. The van der Waals surface area contributed by atoms with Crippen molar-refractivity contribution in [1.29, 1.82) is 0 Å².